The molecule has 3 nitrogen and oxygen atoms in total. The lowest BCUT2D eigenvalue weighted by Crippen LogP contribution is -2.18. The molecule has 0 fully saturated rings. The van der Waals surface area contributed by atoms with Gasteiger partial charge in [0.25, 0.3) is 0 Å². The van der Waals surface area contributed by atoms with Gasteiger partial charge in [0.15, 0.2) is 27.0 Å². The molecule has 0 bridgehead atoms. The van der Waals surface area contributed by atoms with E-state index in [9.17, 15) is 4.79 Å². The first kappa shape index (κ1) is 28.7. The van der Waals surface area contributed by atoms with Gasteiger partial charge in [-0.15, -0.1) is 0 Å². The third kappa shape index (κ3) is 7.63. The molecule has 0 saturated heterocycles. The molecular weight excluding hydrogens is 821 g/mol. The molecule has 0 aliphatic carbocycles. The minimum Gasteiger partial charge on any atom is -0.482 e. The second-order valence-corrected chi connectivity index (χ2v) is 14.9. The Bertz CT molecular complexity index is 1340. The van der Waals surface area contributed by atoms with Gasteiger partial charge in [0, 0.05) is 3.57 Å². The second kappa shape index (κ2) is 12.7. The quantitative estimate of drug-likeness (QED) is 0.0808. The third-order valence-electron chi connectivity index (χ3n) is 5.53. The van der Waals surface area contributed by atoms with Crippen LogP contribution < -0.4 is 9.47 Å². The standard InChI is InChI=1S/C30H26I3O3S/c1-30(2,3)20-9-13-24(14-10-20)37(23-7-5-4-6-8-23)25-15-11-22(12-16-25)35-19-28(34)36-29-26(32)17-21(31)18-27(29)33/h4-18H,19H2,1-3H3/q+1. The van der Waals surface area contributed by atoms with E-state index >= 15 is 0 Å². The zero-order chi connectivity index (χ0) is 26.6. The molecule has 4 rings (SSSR count). The van der Waals surface area contributed by atoms with Crippen LogP contribution in [-0.2, 0) is 21.1 Å². The molecule has 0 N–H and O–H groups in total. The fourth-order valence-corrected chi connectivity index (χ4v) is 9.50. The van der Waals surface area contributed by atoms with E-state index in [0.717, 1.165) is 10.7 Å². The van der Waals surface area contributed by atoms with Gasteiger partial charge < -0.3 is 9.47 Å². The van der Waals surface area contributed by atoms with Crippen molar-refractivity contribution >= 4 is 84.6 Å². The Morgan fingerprint density at radius 3 is 1.81 bits per heavy atom. The lowest BCUT2D eigenvalue weighted by Gasteiger charge is -2.19. The van der Waals surface area contributed by atoms with Gasteiger partial charge in [-0.05, 0) is 139 Å². The first-order valence-corrected chi connectivity index (χ1v) is 16.1. The Balaban J connectivity index is 1.49. The molecule has 0 saturated carbocycles. The molecule has 0 radical (unpaired) electrons. The van der Waals surface area contributed by atoms with Crippen LogP contribution in [0.2, 0.25) is 0 Å². The molecule has 190 valence electrons. The Morgan fingerprint density at radius 2 is 1.27 bits per heavy atom. The van der Waals surface area contributed by atoms with Crippen molar-refractivity contribution in [2.24, 2.45) is 0 Å². The molecule has 0 aliphatic rings. The van der Waals surface area contributed by atoms with Crippen LogP contribution in [-0.4, -0.2) is 12.6 Å². The van der Waals surface area contributed by atoms with Crippen LogP contribution >= 0.6 is 67.8 Å². The smallest absolute Gasteiger partial charge is 0.349 e. The Hall–Kier alpha value is -1.31. The van der Waals surface area contributed by atoms with Gasteiger partial charge in [0.2, 0.25) is 0 Å². The molecule has 0 heterocycles. The molecule has 1 unspecified atom stereocenters. The topological polar surface area (TPSA) is 35.5 Å². The fraction of sp³-hybridized carbons (Fsp3) is 0.167. The second-order valence-electron chi connectivity index (χ2n) is 9.33. The molecule has 0 spiro atoms. The largest absolute Gasteiger partial charge is 0.482 e. The minimum absolute atomic E-state index is 0.111. The molecule has 7 heteroatoms. The van der Waals surface area contributed by atoms with Crippen molar-refractivity contribution in [2.45, 2.75) is 40.9 Å². The fourth-order valence-electron chi connectivity index (χ4n) is 3.64. The van der Waals surface area contributed by atoms with Crippen molar-refractivity contribution in [3.05, 3.63) is 107 Å². The highest BCUT2D eigenvalue weighted by molar-refractivity contribution is 14.1. The summed E-state index contributed by atoms with van der Waals surface area (Å²) >= 11 is 6.62. The summed E-state index contributed by atoms with van der Waals surface area (Å²) in [7, 11) is -0.254. The van der Waals surface area contributed by atoms with Crippen molar-refractivity contribution in [1.29, 1.82) is 0 Å². The number of carbonyl (C=O) groups excluding carboxylic acids is 1. The highest BCUT2D eigenvalue weighted by atomic mass is 127. The number of benzene rings is 4. The summed E-state index contributed by atoms with van der Waals surface area (Å²) in [4.78, 5) is 16.2. The molecule has 37 heavy (non-hydrogen) atoms. The number of ether oxygens (including phenoxy) is 2. The Labute approximate surface area is 262 Å². The van der Waals surface area contributed by atoms with Crippen molar-refractivity contribution in [2.75, 3.05) is 6.61 Å². The van der Waals surface area contributed by atoms with E-state index in [4.69, 9.17) is 9.47 Å². The molecule has 1 atom stereocenters. The average molecular weight is 847 g/mol. The number of halogens is 3. The van der Waals surface area contributed by atoms with Crippen LogP contribution in [0, 0.1) is 10.7 Å². The highest BCUT2D eigenvalue weighted by Crippen LogP contribution is 2.34. The van der Waals surface area contributed by atoms with E-state index in [1.54, 1.807) is 0 Å². The average Bonchev–Trinajstić information content (AvgIpc) is 2.86. The SMILES string of the molecule is CC(C)(C)c1ccc([S+](c2ccccc2)c2ccc(OCC(=O)Oc3c(I)cc(I)cc3I)cc2)cc1. The number of hydrogen-bond donors (Lipinski definition) is 0. The Morgan fingerprint density at radius 1 is 0.757 bits per heavy atom. The third-order valence-corrected chi connectivity index (χ3v) is 9.99. The normalized spacial score (nSPS) is 12.2. The van der Waals surface area contributed by atoms with Gasteiger partial charge in [-0.25, -0.2) is 4.79 Å². The van der Waals surface area contributed by atoms with Gasteiger partial charge >= 0.3 is 5.97 Å². The van der Waals surface area contributed by atoms with Gasteiger partial charge in [-0.2, -0.15) is 0 Å². The molecule has 0 aromatic heterocycles. The maximum absolute atomic E-state index is 12.5. The van der Waals surface area contributed by atoms with Crippen LogP contribution in [0.5, 0.6) is 11.5 Å². The van der Waals surface area contributed by atoms with Crippen molar-refractivity contribution in [1.82, 2.24) is 0 Å². The van der Waals surface area contributed by atoms with Crippen LogP contribution in [0.4, 0.5) is 0 Å². The van der Waals surface area contributed by atoms with Gasteiger partial charge in [0.05, 0.1) is 18.0 Å². The number of hydrogen-bond acceptors (Lipinski definition) is 3. The molecule has 4 aromatic rings. The van der Waals surface area contributed by atoms with E-state index in [0.29, 0.717) is 11.5 Å². The van der Waals surface area contributed by atoms with Crippen LogP contribution in [0.15, 0.2) is 106 Å². The monoisotopic (exact) mass is 847 g/mol. The molecule has 0 aliphatic heterocycles. The van der Waals surface area contributed by atoms with Crippen molar-refractivity contribution < 1.29 is 14.3 Å². The number of carbonyl (C=O) groups is 1. The maximum atomic E-state index is 12.5. The predicted octanol–water partition coefficient (Wildman–Crippen LogP) is 8.88. The lowest BCUT2D eigenvalue weighted by atomic mass is 9.87. The zero-order valence-electron chi connectivity index (χ0n) is 20.6. The molecular formula is C30H26I3O3S+. The highest BCUT2D eigenvalue weighted by Gasteiger charge is 2.29. The van der Waals surface area contributed by atoms with Gasteiger partial charge in [0.1, 0.15) is 5.75 Å². The van der Waals surface area contributed by atoms with E-state index < -0.39 is 5.97 Å². The van der Waals surface area contributed by atoms with Gasteiger partial charge in [-0.1, -0.05) is 51.1 Å². The summed E-state index contributed by atoms with van der Waals surface area (Å²) in [6.07, 6.45) is 0. The maximum Gasteiger partial charge on any atom is 0.349 e. The number of rotatable bonds is 7. The summed E-state index contributed by atoms with van der Waals surface area (Å²) in [5, 5.41) is 0. The van der Waals surface area contributed by atoms with E-state index in [-0.39, 0.29) is 22.9 Å². The van der Waals surface area contributed by atoms with Gasteiger partial charge in [-0.3, -0.25) is 0 Å². The first-order valence-electron chi connectivity index (χ1n) is 11.6. The summed E-state index contributed by atoms with van der Waals surface area (Å²) < 4.78 is 14.2. The van der Waals surface area contributed by atoms with E-state index in [2.05, 4.69) is 149 Å². The summed E-state index contributed by atoms with van der Waals surface area (Å²) in [6, 6.07) is 31.5. The summed E-state index contributed by atoms with van der Waals surface area (Å²) in [6.45, 7) is 6.54. The van der Waals surface area contributed by atoms with Crippen LogP contribution in [0.3, 0.4) is 0 Å². The van der Waals surface area contributed by atoms with Crippen molar-refractivity contribution in [3.63, 3.8) is 0 Å². The van der Waals surface area contributed by atoms with Crippen molar-refractivity contribution in [3.8, 4) is 11.5 Å². The molecule has 4 aromatic carbocycles. The first-order chi connectivity index (χ1) is 17.6. The minimum atomic E-state index is -0.427. The lowest BCUT2D eigenvalue weighted by molar-refractivity contribution is -0.136. The summed E-state index contributed by atoms with van der Waals surface area (Å²) in [5.74, 6) is 0.784. The van der Waals surface area contributed by atoms with Crippen LogP contribution in [0.25, 0.3) is 0 Å². The summed E-state index contributed by atoms with van der Waals surface area (Å²) in [5.41, 5.74) is 1.43. The van der Waals surface area contributed by atoms with Crippen LogP contribution in [0.1, 0.15) is 26.3 Å². The zero-order valence-corrected chi connectivity index (χ0v) is 27.9. The van der Waals surface area contributed by atoms with E-state index in [1.165, 1.54) is 20.2 Å². The number of esters is 1. The van der Waals surface area contributed by atoms with E-state index in [1.807, 2.05) is 30.3 Å². The predicted molar refractivity (Wildman–Crippen MR) is 176 cm³/mol. The Kier molecular flexibility index (Phi) is 9.84. The molecule has 0 amide bonds.